The molecule has 6 rings (SSSR count). The Morgan fingerprint density at radius 2 is 0.325 bits per heavy atom. The van der Waals surface area contributed by atoms with Crippen LogP contribution in [-0.2, 0) is 0 Å². The van der Waals surface area contributed by atoms with Gasteiger partial charge in [-0.1, -0.05) is 208 Å². The summed E-state index contributed by atoms with van der Waals surface area (Å²) in [5.41, 5.74) is 0. The SMILES string of the molecule is [Sb].c1ccc(Pc2ccccc2)cc1.c1ccc(Pc2ccccc2)cc1.c1ccc(Pc2ccccc2)cc1. The molecule has 0 aromatic heterocycles. The Morgan fingerprint density at radius 1 is 0.200 bits per heavy atom. The number of hydrogen-bond donors (Lipinski definition) is 0. The molecule has 0 N–H and O–H groups in total. The maximum atomic E-state index is 2.17. The average molecular weight is 680 g/mol. The summed E-state index contributed by atoms with van der Waals surface area (Å²) >= 11 is 0. The second-order valence-corrected chi connectivity index (χ2v) is 12.8. The van der Waals surface area contributed by atoms with E-state index in [1.165, 1.54) is 31.8 Å². The molecule has 0 unspecified atom stereocenters. The van der Waals surface area contributed by atoms with Crippen molar-refractivity contribution in [1.82, 2.24) is 0 Å². The van der Waals surface area contributed by atoms with Crippen molar-refractivity contribution >= 4 is 82.0 Å². The summed E-state index contributed by atoms with van der Waals surface area (Å²) in [5.74, 6) is 0. The quantitative estimate of drug-likeness (QED) is 0.138. The summed E-state index contributed by atoms with van der Waals surface area (Å²) < 4.78 is 0. The van der Waals surface area contributed by atoms with Gasteiger partial charge in [-0.25, -0.2) is 0 Å². The van der Waals surface area contributed by atoms with E-state index in [0.717, 1.165) is 25.7 Å². The Hall–Kier alpha value is -2.57. The third kappa shape index (κ3) is 12.7. The second-order valence-electron chi connectivity index (χ2n) is 8.57. The number of rotatable bonds is 6. The minimum Gasteiger partial charge on any atom is -0.0622 e. The van der Waals surface area contributed by atoms with Crippen LogP contribution in [0, 0.1) is 0 Å². The normalized spacial score (nSPS) is 9.60. The van der Waals surface area contributed by atoms with Crippen LogP contribution in [0.5, 0.6) is 0 Å². The number of benzene rings is 6. The van der Waals surface area contributed by atoms with Crippen molar-refractivity contribution in [1.29, 1.82) is 0 Å². The van der Waals surface area contributed by atoms with Crippen molar-refractivity contribution in [2.75, 3.05) is 0 Å². The predicted octanol–water partition coefficient (Wildman–Crippen LogP) is 6.57. The van der Waals surface area contributed by atoms with Crippen molar-refractivity contribution < 1.29 is 0 Å². The molecule has 0 bridgehead atoms. The zero-order valence-corrected chi connectivity index (χ0v) is 27.8. The first kappa shape index (κ1) is 31.9. The van der Waals surface area contributed by atoms with Crippen LogP contribution in [0.1, 0.15) is 0 Å². The van der Waals surface area contributed by atoms with E-state index in [2.05, 4.69) is 182 Å². The first-order valence-electron chi connectivity index (χ1n) is 13.0. The van der Waals surface area contributed by atoms with E-state index in [1.807, 2.05) is 0 Å². The third-order valence-electron chi connectivity index (χ3n) is 5.51. The van der Waals surface area contributed by atoms with Gasteiger partial charge in [-0.05, 0) is 31.8 Å². The fraction of sp³-hybridized carbons (Fsp3) is 0. The van der Waals surface area contributed by atoms with Gasteiger partial charge in [0.2, 0.25) is 0 Å². The molecule has 0 fully saturated rings. The summed E-state index contributed by atoms with van der Waals surface area (Å²) in [6.07, 6.45) is 0. The van der Waals surface area contributed by atoms with E-state index in [9.17, 15) is 0 Å². The molecule has 0 amide bonds. The molecule has 0 atom stereocenters. The predicted molar refractivity (Wildman–Crippen MR) is 187 cm³/mol. The van der Waals surface area contributed by atoms with Gasteiger partial charge in [0.1, 0.15) is 0 Å². The molecule has 0 saturated carbocycles. The van der Waals surface area contributed by atoms with Crippen molar-refractivity contribution in [3.8, 4) is 0 Å². The smallest absolute Gasteiger partial charge is 0 e. The molecule has 6 aromatic rings. The Labute approximate surface area is 262 Å². The van der Waals surface area contributed by atoms with E-state index in [-0.39, 0.29) is 24.4 Å². The Balaban J connectivity index is 0.000000163. The molecule has 0 aliphatic rings. The van der Waals surface area contributed by atoms with Crippen LogP contribution >= 0.6 is 25.7 Å². The van der Waals surface area contributed by atoms with Gasteiger partial charge in [0, 0.05) is 24.4 Å². The van der Waals surface area contributed by atoms with Gasteiger partial charge < -0.3 is 0 Å². The molecule has 0 aliphatic carbocycles. The molecule has 0 spiro atoms. The summed E-state index contributed by atoms with van der Waals surface area (Å²) in [5, 5.41) is 8.38. The van der Waals surface area contributed by atoms with E-state index >= 15 is 0 Å². The van der Waals surface area contributed by atoms with Gasteiger partial charge in [0.05, 0.1) is 0 Å². The maximum absolute atomic E-state index is 2.17. The minimum atomic E-state index is 0. The average Bonchev–Trinajstić information content (AvgIpc) is 3.01. The molecular formula is C36H33P3Sb. The van der Waals surface area contributed by atoms with Gasteiger partial charge in [-0.2, -0.15) is 0 Å². The molecule has 40 heavy (non-hydrogen) atoms. The summed E-state index contributed by atoms with van der Waals surface area (Å²) in [4.78, 5) is 0. The molecule has 4 heteroatoms. The Bertz CT molecular complexity index is 1140. The van der Waals surface area contributed by atoms with Gasteiger partial charge >= 0.3 is 0 Å². The molecule has 197 valence electrons. The first-order chi connectivity index (χ1) is 19.3. The maximum Gasteiger partial charge on any atom is 0 e. The van der Waals surface area contributed by atoms with Crippen molar-refractivity contribution in [3.63, 3.8) is 0 Å². The largest absolute Gasteiger partial charge is 0.0622 e. The second kappa shape index (κ2) is 19.5. The molecular weight excluding hydrogens is 647 g/mol. The van der Waals surface area contributed by atoms with Gasteiger partial charge in [0.25, 0.3) is 0 Å². The summed E-state index contributed by atoms with van der Waals surface area (Å²) in [6, 6.07) is 63.5. The third-order valence-corrected chi connectivity index (χ3v) is 9.24. The van der Waals surface area contributed by atoms with Crippen molar-refractivity contribution in [2.45, 2.75) is 0 Å². The van der Waals surface area contributed by atoms with Crippen LogP contribution in [0.3, 0.4) is 0 Å². The molecule has 0 aliphatic heterocycles. The van der Waals surface area contributed by atoms with Gasteiger partial charge in [-0.3, -0.25) is 0 Å². The monoisotopic (exact) mass is 679 g/mol. The molecule has 6 aromatic carbocycles. The fourth-order valence-electron chi connectivity index (χ4n) is 3.63. The van der Waals surface area contributed by atoms with Crippen LogP contribution < -0.4 is 31.8 Å². The van der Waals surface area contributed by atoms with Crippen LogP contribution in [0.4, 0.5) is 0 Å². The Morgan fingerprint density at radius 3 is 0.450 bits per heavy atom. The zero-order valence-electron chi connectivity index (χ0n) is 22.3. The van der Waals surface area contributed by atoms with Crippen LogP contribution in [0.2, 0.25) is 0 Å². The zero-order chi connectivity index (χ0) is 26.8. The van der Waals surface area contributed by atoms with E-state index in [0.29, 0.717) is 0 Å². The van der Waals surface area contributed by atoms with Crippen LogP contribution in [-0.4, -0.2) is 24.4 Å². The number of hydrogen-bond acceptors (Lipinski definition) is 0. The summed E-state index contributed by atoms with van der Waals surface area (Å²) in [6.45, 7) is 0. The van der Waals surface area contributed by atoms with Crippen LogP contribution in [0.15, 0.2) is 182 Å². The van der Waals surface area contributed by atoms with Crippen molar-refractivity contribution in [2.24, 2.45) is 0 Å². The van der Waals surface area contributed by atoms with E-state index in [4.69, 9.17) is 0 Å². The van der Waals surface area contributed by atoms with Crippen molar-refractivity contribution in [3.05, 3.63) is 182 Å². The molecule has 0 nitrogen and oxygen atoms in total. The molecule has 0 heterocycles. The molecule has 3 radical (unpaired) electrons. The van der Waals surface area contributed by atoms with E-state index in [1.54, 1.807) is 0 Å². The standard InChI is InChI=1S/3C12H11P.Sb/c3*1-3-7-11(8-4-1)13-12-9-5-2-6-10-12;/h3*1-10,13H;. The molecule has 0 saturated heterocycles. The summed E-state index contributed by atoms with van der Waals surface area (Å²) in [7, 11) is 2.33. The minimum absolute atomic E-state index is 0. The van der Waals surface area contributed by atoms with Crippen LogP contribution in [0.25, 0.3) is 0 Å². The van der Waals surface area contributed by atoms with Gasteiger partial charge in [-0.15, -0.1) is 0 Å². The van der Waals surface area contributed by atoms with Gasteiger partial charge in [0.15, 0.2) is 0 Å². The topological polar surface area (TPSA) is 0 Å². The Kier molecular flexibility index (Phi) is 15.6. The fourth-order valence-corrected chi connectivity index (χ4v) is 6.78. The first-order valence-corrected chi connectivity index (χ1v) is 16.0. The van der Waals surface area contributed by atoms with E-state index < -0.39 is 0 Å².